The number of nitriles is 1. The minimum absolute atomic E-state index is 0.0197. The Balaban J connectivity index is 1.91. The molecule has 0 spiro atoms. The zero-order valence-corrected chi connectivity index (χ0v) is 18.8. The van der Waals surface area contributed by atoms with Gasteiger partial charge >= 0.3 is 5.97 Å². The summed E-state index contributed by atoms with van der Waals surface area (Å²) in [5, 5.41) is 12.4. The maximum absolute atomic E-state index is 12.7. The van der Waals surface area contributed by atoms with Gasteiger partial charge in [-0.3, -0.25) is 4.79 Å². The van der Waals surface area contributed by atoms with Crippen LogP contribution in [0.1, 0.15) is 38.4 Å². The number of carbonyl (C=O) groups excluding carboxylic acids is 2. The average molecular weight is 428 g/mol. The van der Waals surface area contributed by atoms with Crippen molar-refractivity contribution < 1.29 is 14.3 Å². The molecule has 0 aliphatic heterocycles. The van der Waals surface area contributed by atoms with E-state index < -0.39 is 11.9 Å². The van der Waals surface area contributed by atoms with Gasteiger partial charge in [0.25, 0.3) is 5.91 Å². The van der Waals surface area contributed by atoms with Gasteiger partial charge in [-0.1, -0.05) is 17.7 Å². The summed E-state index contributed by atoms with van der Waals surface area (Å²) < 4.78 is 6.75. The third-order valence-corrected chi connectivity index (χ3v) is 5.31. The van der Waals surface area contributed by atoms with Crippen molar-refractivity contribution in [2.45, 2.75) is 27.7 Å². The highest BCUT2D eigenvalue weighted by atomic mass is 16.5. The number of carbonyl (C=O) groups is 2. The molecule has 1 amide bonds. The minimum atomic E-state index is -0.452. The Labute approximate surface area is 187 Å². The summed E-state index contributed by atoms with van der Waals surface area (Å²) in [7, 11) is 1.35. The Kier molecular flexibility index (Phi) is 6.60. The van der Waals surface area contributed by atoms with Crippen LogP contribution in [-0.4, -0.2) is 23.6 Å². The first-order chi connectivity index (χ1) is 15.2. The Morgan fingerprint density at radius 2 is 1.72 bits per heavy atom. The summed E-state index contributed by atoms with van der Waals surface area (Å²) in [6.45, 7) is 7.76. The molecule has 1 N–H and O–H groups in total. The van der Waals surface area contributed by atoms with E-state index in [1.54, 1.807) is 18.2 Å². The van der Waals surface area contributed by atoms with Gasteiger partial charge in [-0.05, 0) is 81.3 Å². The fraction of sp³-hybridized carbons (Fsp3) is 0.192. The molecule has 1 aromatic heterocycles. The first kappa shape index (κ1) is 22.6. The van der Waals surface area contributed by atoms with Gasteiger partial charge in [-0.25, -0.2) is 4.79 Å². The second kappa shape index (κ2) is 9.36. The van der Waals surface area contributed by atoms with Crippen molar-refractivity contribution in [3.05, 3.63) is 87.7 Å². The lowest BCUT2D eigenvalue weighted by Crippen LogP contribution is -2.14. The van der Waals surface area contributed by atoms with E-state index in [4.69, 9.17) is 4.74 Å². The van der Waals surface area contributed by atoms with E-state index in [0.29, 0.717) is 11.3 Å². The Hall–Kier alpha value is -4.11. The van der Waals surface area contributed by atoms with Crippen molar-refractivity contribution >= 4 is 23.6 Å². The van der Waals surface area contributed by atoms with Gasteiger partial charge in [0, 0.05) is 22.8 Å². The van der Waals surface area contributed by atoms with E-state index >= 15 is 0 Å². The SMILES string of the molecule is COC(=O)c1ccc(-n2c(C)cc(/C=C(\C#N)C(=O)Nc3ccc(C)cc3C)c2C)cc1. The lowest BCUT2D eigenvalue weighted by molar-refractivity contribution is -0.112. The van der Waals surface area contributed by atoms with Gasteiger partial charge < -0.3 is 14.6 Å². The zero-order valence-electron chi connectivity index (χ0n) is 18.8. The summed E-state index contributed by atoms with van der Waals surface area (Å²) in [5.74, 6) is -0.846. The van der Waals surface area contributed by atoms with Gasteiger partial charge in [0.15, 0.2) is 0 Å². The van der Waals surface area contributed by atoms with E-state index in [1.807, 2.05) is 74.7 Å². The maximum atomic E-state index is 12.7. The lowest BCUT2D eigenvalue weighted by atomic mass is 10.1. The first-order valence-electron chi connectivity index (χ1n) is 10.1. The lowest BCUT2D eigenvalue weighted by Gasteiger charge is -2.10. The fourth-order valence-corrected chi connectivity index (χ4v) is 3.64. The molecule has 0 atom stereocenters. The van der Waals surface area contributed by atoms with Crippen LogP contribution in [-0.2, 0) is 9.53 Å². The summed E-state index contributed by atoms with van der Waals surface area (Å²) in [4.78, 5) is 24.4. The largest absolute Gasteiger partial charge is 0.465 e. The quantitative estimate of drug-likeness (QED) is 0.351. The topological polar surface area (TPSA) is 84.1 Å². The summed E-state index contributed by atoms with van der Waals surface area (Å²) in [6.07, 6.45) is 1.60. The van der Waals surface area contributed by atoms with Crippen LogP contribution in [0.15, 0.2) is 54.1 Å². The molecular weight excluding hydrogens is 402 g/mol. The molecule has 0 fully saturated rings. The fourth-order valence-electron chi connectivity index (χ4n) is 3.64. The standard InChI is InChI=1S/C26H25N3O3/c1-16-6-11-24(17(2)12-16)28-25(30)22(15-27)14-21-13-18(3)29(19(21)4)23-9-7-20(8-10-23)26(31)32-5/h6-14H,1-5H3,(H,28,30)/b22-14+. The molecule has 0 aliphatic rings. The highest BCUT2D eigenvalue weighted by molar-refractivity contribution is 6.10. The monoisotopic (exact) mass is 427 g/mol. The number of amides is 1. The molecule has 6 nitrogen and oxygen atoms in total. The number of rotatable bonds is 5. The molecule has 32 heavy (non-hydrogen) atoms. The molecular formula is C26H25N3O3. The molecule has 0 aliphatic carbocycles. The van der Waals surface area contributed by atoms with Crippen LogP contribution in [0.2, 0.25) is 0 Å². The molecule has 0 unspecified atom stereocenters. The number of nitrogens with zero attached hydrogens (tertiary/aromatic N) is 2. The number of aryl methyl sites for hydroxylation is 3. The third kappa shape index (κ3) is 4.62. The zero-order chi connectivity index (χ0) is 23.4. The molecule has 0 saturated heterocycles. The molecule has 2 aromatic carbocycles. The number of ether oxygens (including phenoxy) is 1. The molecule has 0 saturated carbocycles. The van der Waals surface area contributed by atoms with Crippen molar-refractivity contribution in [1.82, 2.24) is 4.57 Å². The third-order valence-electron chi connectivity index (χ3n) is 5.31. The molecule has 0 bridgehead atoms. The highest BCUT2D eigenvalue weighted by Gasteiger charge is 2.15. The van der Waals surface area contributed by atoms with Crippen molar-refractivity contribution in [2.24, 2.45) is 0 Å². The van der Waals surface area contributed by atoms with E-state index in [0.717, 1.165) is 33.8 Å². The van der Waals surface area contributed by atoms with Crippen molar-refractivity contribution in [3.8, 4) is 11.8 Å². The summed E-state index contributed by atoms with van der Waals surface area (Å²) in [6, 6.07) is 16.7. The maximum Gasteiger partial charge on any atom is 0.337 e. The molecule has 0 radical (unpaired) electrons. The van der Waals surface area contributed by atoms with Crippen molar-refractivity contribution in [1.29, 1.82) is 5.26 Å². The number of hydrogen-bond acceptors (Lipinski definition) is 4. The summed E-state index contributed by atoms with van der Waals surface area (Å²) >= 11 is 0. The van der Waals surface area contributed by atoms with Crippen LogP contribution in [0.5, 0.6) is 0 Å². The predicted octanol–water partition coefficient (Wildman–Crippen LogP) is 5.04. The van der Waals surface area contributed by atoms with E-state index in [2.05, 4.69) is 5.32 Å². The molecule has 1 heterocycles. The van der Waals surface area contributed by atoms with Crippen LogP contribution in [0.4, 0.5) is 5.69 Å². The second-order valence-corrected chi connectivity index (χ2v) is 7.64. The average Bonchev–Trinajstić information content (AvgIpc) is 3.06. The van der Waals surface area contributed by atoms with E-state index in [9.17, 15) is 14.9 Å². The molecule has 162 valence electrons. The molecule has 3 rings (SSSR count). The van der Waals surface area contributed by atoms with Crippen LogP contribution in [0, 0.1) is 39.0 Å². The van der Waals surface area contributed by atoms with Gasteiger partial charge in [0.05, 0.1) is 12.7 Å². The smallest absolute Gasteiger partial charge is 0.337 e. The Morgan fingerprint density at radius 1 is 1.03 bits per heavy atom. The number of hydrogen-bond donors (Lipinski definition) is 1. The normalized spacial score (nSPS) is 11.1. The number of aromatic nitrogens is 1. The Bertz CT molecular complexity index is 1260. The van der Waals surface area contributed by atoms with Gasteiger partial charge in [0.2, 0.25) is 0 Å². The van der Waals surface area contributed by atoms with Crippen LogP contribution in [0.25, 0.3) is 11.8 Å². The van der Waals surface area contributed by atoms with Gasteiger partial charge in [0.1, 0.15) is 11.6 Å². The minimum Gasteiger partial charge on any atom is -0.465 e. The first-order valence-corrected chi connectivity index (χ1v) is 10.1. The highest BCUT2D eigenvalue weighted by Crippen LogP contribution is 2.24. The predicted molar refractivity (Wildman–Crippen MR) is 125 cm³/mol. The van der Waals surface area contributed by atoms with Crippen LogP contribution >= 0.6 is 0 Å². The van der Waals surface area contributed by atoms with E-state index in [-0.39, 0.29) is 5.57 Å². The van der Waals surface area contributed by atoms with Gasteiger partial charge in [-0.2, -0.15) is 5.26 Å². The van der Waals surface area contributed by atoms with Crippen molar-refractivity contribution in [3.63, 3.8) is 0 Å². The molecule has 6 heteroatoms. The van der Waals surface area contributed by atoms with Crippen molar-refractivity contribution in [2.75, 3.05) is 12.4 Å². The molecule has 3 aromatic rings. The second-order valence-electron chi connectivity index (χ2n) is 7.64. The number of benzene rings is 2. The van der Waals surface area contributed by atoms with E-state index in [1.165, 1.54) is 7.11 Å². The van der Waals surface area contributed by atoms with Crippen LogP contribution < -0.4 is 5.32 Å². The number of esters is 1. The Morgan fingerprint density at radius 3 is 2.31 bits per heavy atom. The van der Waals surface area contributed by atoms with Crippen LogP contribution in [0.3, 0.4) is 0 Å². The summed E-state index contributed by atoms with van der Waals surface area (Å²) in [5.41, 5.74) is 6.65. The van der Waals surface area contributed by atoms with Gasteiger partial charge in [-0.15, -0.1) is 0 Å². The number of methoxy groups -OCH3 is 1. The number of anilines is 1. The number of nitrogens with one attached hydrogen (secondary N) is 1.